The summed E-state index contributed by atoms with van der Waals surface area (Å²) in [5.41, 5.74) is 2.80. The Morgan fingerprint density at radius 1 is 1.25 bits per heavy atom. The molecule has 0 saturated carbocycles. The van der Waals surface area contributed by atoms with Crippen LogP contribution in [0.3, 0.4) is 0 Å². The molecule has 2 rings (SSSR count). The number of nitrogens with one attached hydrogen (secondary N) is 1. The van der Waals surface area contributed by atoms with Crippen molar-refractivity contribution in [3.8, 4) is 5.75 Å². The number of rotatable bonds is 4. The van der Waals surface area contributed by atoms with Gasteiger partial charge in [-0.3, -0.25) is 4.79 Å². The van der Waals surface area contributed by atoms with Crippen LogP contribution in [-0.4, -0.2) is 13.0 Å². The SMILES string of the molecule is COc1cc(Br)ccc1C(=O)NCc1ccccc1C. The Bertz CT molecular complexity index is 626. The Kier molecular flexibility index (Phi) is 4.79. The van der Waals surface area contributed by atoms with E-state index in [1.165, 1.54) is 0 Å². The molecule has 0 atom stereocenters. The molecule has 4 heteroatoms. The second-order valence-electron chi connectivity index (χ2n) is 4.45. The molecule has 2 aromatic carbocycles. The average Bonchev–Trinajstić information content (AvgIpc) is 2.46. The van der Waals surface area contributed by atoms with Crippen molar-refractivity contribution in [2.24, 2.45) is 0 Å². The number of halogens is 1. The molecular weight excluding hydrogens is 318 g/mol. The van der Waals surface area contributed by atoms with E-state index >= 15 is 0 Å². The molecule has 0 saturated heterocycles. The van der Waals surface area contributed by atoms with Crippen LogP contribution in [0.2, 0.25) is 0 Å². The molecular formula is C16H16BrNO2. The van der Waals surface area contributed by atoms with Crippen LogP contribution in [0.5, 0.6) is 5.75 Å². The largest absolute Gasteiger partial charge is 0.496 e. The number of methoxy groups -OCH3 is 1. The quantitative estimate of drug-likeness (QED) is 0.926. The van der Waals surface area contributed by atoms with Crippen LogP contribution >= 0.6 is 15.9 Å². The number of hydrogen-bond donors (Lipinski definition) is 1. The fourth-order valence-electron chi connectivity index (χ4n) is 1.93. The minimum absolute atomic E-state index is 0.141. The maximum Gasteiger partial charge on any atom is 0.255 e. The van der Waals surface area contributed by atoms with Crippen molar-refractivity contribution in [2.45, 2.75) is 13.5 Å². The highest BCUT2D eigenvalue weighted by Crippen LogP contribution is 2.23. The summed E-state index contributed by atoms with van der Waals surface area (Å²) in [4.78, 5) is 12.2. The Balaban J connectivity index is 2.11. The van der Waals surface area contributed by atoms with Crippen LogP contribution in [0.1, 0.15) is 21.5 Å². The van der Waals surface area contributed by atoms with Crippen LogP contribution in [0.25, 0.3) is 0 Å². The number of carbonyl (C=O) groups is 1. The minimum Gasteiger partial charge on any atom is -0.496 e. The zero-order valence-corrected chi connectivity index (χ0v) is 13.0. The first kappa shape index (κ1) is 14.6. The minimum atomic E-state index is -0.141. The van der Waals surface area contributed by atoms with Gasteiger partial charge in [-0.2, -0.15) is 0 Å². The van der Waals surface area contributed by atoms with Crippen molar-refractivity contribution < 1.29 is 9.53 Å². The third-order valence-electron chi connectivity index (χ3n) is 3.11. The van der Waals surface area contributed by atoms with E-state index in [0.29, 0.717) is 17.9 Å². The Labute approximate surface area is 127 Å². The fraction of sp³-hybridized carbons (Fsp3) is 0.188. The van der Waals surface area contributed by atoms with Gasteiger partial charge in [0.15, 0.2) is 0 Å². The topological polar surface area (TPSA) is 38.3 Å². The zero-order chi connectivity index (χ0) is 14.5. The van der Waals surface area contributed by atoms with Gasteiger partial charge >= 0.3 is 0 Å². The van der Waals surface area contributed by atoms with Gasteiger partial charge in [0.25, 0.3) is 5.91 Å². The summed E-state index contributed by atoms with van der Waals surface area (Å²) >= 11 is 3.36. The van der Waals surface area contributed by atoms with Gasteiger partial charge in [0.1, 0.15) is 5.75 Å². The molecule has 1 amide bonds. The van der Waals surface area contributed by atoms with Gasteiger partial charge in [0.05, 0.1) is 12.7 Å². The lowest BCUT2D eigenvalue weighted by atomic mass is 10.1. The third kappa shape index (κ3) is 3.39. The molecule has 0 aliphatic heterocycles. The standard InChI is InChI=1S/C16H16BrNO2/c1-11-5-3-4-6-12(11)10-18-16(19)14-8-7-13(17)9-15(14)20-2/h3-9H,10H2,1-2H3,(H,18,19). The molecule has 3 nitrogen and oxygen atoms in total. The molecule has 0 fully saturated rings. The van der Waals surface area contributed by atoms with E-state index < -0.39 is 0 Å². The summed E-state index contributed by atoms with van der Waals surface area (Å²) < 4.78 is 6.11. The van der Waals surface area contributed by atoms with Gasteiger partial charge in [-0.05, 0) is 36.2 Å². The van der Waals surface area contributed by atoms with Crippen LogP contribution in [-0.2, 0) is 6.54 Å². The van der Waals surface area contributed by atoms with Crippen molar-refractivity contribution in [3.05, 3.63) is 63.6 Å². The molecule has 0 radical (unpaired) electrons. The first-order valence-electron chi connectivity index (χ1n) is 6.28. The lowest BCUT2D eigenvalue weighted by Gasteiger charge is -2.11. The van der Waals surface area contributed by atoms with Crippen molar-refractivity contribution in [1.82, 2.24) is 5.32 Å². The maximum atomic E-state index is 12.2. The van der Waals surface area contributed by atoms with Crippen molar-refractivity contribution in [3.63, 3.8) is 0 Å². The lowest BCUT2D eigenvalue weighted by molar-refractivity contribution is 0.0948. The van der Waals surface area contributed by atoms with Gasteiger partial charge < -0.3 is 10.1 Å². The molecule has 0 aromatic heterocycles. The second-order valence-corrected chi connectivity index (χ2v) is 5.37. The maximum absolute atomic E-state index is 12.2. The predicted octanol–water partition coefficient (Wildman–Crippen LogP) is 3.70. The summed E-state index contributed by atoms with van der Waals surface area (Å²) in [6, 6.07) is 13.3. The highest BCUT2D eigenvalue weighted by molar-refractivity contribution is 9.10. The highest BCUT2D eigenvalue weighted by atomic mass is 79.9. The molecule has 104 valence electrons. The van der Waals surface area contributed by atoms with Crippen molar-refractivity contribution >= 4 is 21.8 Å². The van der Waals surface area contributed by atoms with E-state index in [2.05, 4.69) is 21.2 Å². The normalized spacial score (nSPS) is 10.2. The summed E-state index contributed by atoms with van der Waals surface area (Å²) in [6.45, 7) is 2.53. The predicted molar refractivity (Wildman–Crippen MR) is 83.0 cm³/mol. The van der Waals surface area contributed by atoms with Gasteiger partial charge in [0, 0.05) is 11.0 Å². The third-order valence-corrected chi connectivity index (χ3v) is 3.60. The van der Waals surface area contributed by atoms with Gasteiger partial charge in [-0.25, -0.2) is 0 Å². The molecule has 0 aliphatic rings. The smallest absolute Gasteiger partial charge is 0.255 e. The molecule has 0 aliphatic carbocycles. The molecule has 20 heavy (non-hydrogen) atoms. The number of carbonyl (C=O) groups excluding carboxylic acids is 1. The molecule has 2 aromatic rings. The molecule has 0 heterocycles. The summed E-state index contributed by atoms with van der Waals surface area (Å²) in [5.74, 6) is 0.416. The van der Waals surface area contributed by atoms with E-state index in [1.807, 2.05) is 37.3 Å². The van der Waals surface area contributed by atoms with Gasteiger partial charge in [-0.15, -0.1) is 0 Å². The molecule has 0 bridgehead atoms. The fourth-order valence-corrected chi connectivity index (χ4v) is 2.27. The van der Waals surface area contributed by atoms with Crippen molar-refractivity contribution in [2.75, 3.05) is 7.11 Å². The van der Waals surface area contributed by atoms with Crippen LogP contribution in [0, 0.1) is 6.92 Å². The lowest BCUT2D eigenvalue weighted by Crippen LogP contribution is -2.23. The first-order valence-corrected chi connectivity index (χ1v) is 7.07. The summed E-state index contributed by atoms with van der Waals surface area (Å²) in [5, 5.41) is 2.92. The molecule has 1 N–H and O–H groups in total. The summed E-state index contributed by atoms with van der Waals surface area (Å²) in [6.07, 6.45) is 0. The number of hydrogen-bond acceptors (Lipinski definition) is 2. The second kappa shape index (κ2) is 6.57. The van der Waals surface area contributed by atoms with E-state index in [-0.39, 0.29) is 5.91 Å². The zero-order valence-electron chi connectivity index (χ0n) is 11.4. The van der Waals surface area contributed by atoms with Crippen molar-refractivity contribution in [1.29, 1.82) is 0 Å². The van der Waals surface area contributed by atoms with E-state index in [4.69, 9.17) is 4.74 Å². The Hall–Kier alpha value is -1.81. The van der Waals surface area contributed by atoms with E-state index in [9.17, 15) is 4.79 Å². The Morgan fingerprint density at radius 3 is 2.70 bits per heavy atom. The molecule has 0 spiro atoms. The number of ether oxygens (including phenoxy) is 1. The van der Waals surface area contributed by atoms with Gasteiger partial charge in [-0.1, -0.05) is 40.2 Å². The highest BCUT2D eigenvalue weighted by Gasteiger charge is 2.12. The number of aryl methyl sites for hydroxylation is 1. The summed E-state index contributed by atoms with van der Waals surface area (Å²) in [7, 11) is 1.56. The molecule has 0 unspecified atom stereocenters. The van der Waals surface area contributed by atoms with Crippen LogP contribution in [0.15, 0.2) is 46.9 Å². The monoisotopic (exact) mass is 333 g/mol. The number of benzene rings is 2. The average molecular weight is 334 g/mol. The van der Waals surface area contributed by atoms with Crippen LogP contribution < -0.4 is 10.1 Å². The van der Waals surface area contributed by atoms with E-state index in [1.54, 1.807) is 19.2 Å². The van der Waals surface area contributed by atoms with E-state index in [0.717, 1.165) is 15.6 Å². The van der Waals surface area contributed by atoms with Crippen LogP contribution in [0.4, 0.5) is 0 Å². The first-order chi connectivity index (χ1) is 9.61. The number of amides is 1. The Morgan fingerprint density at radius 2 is 2.00 bits per heavy atom. The van der Waals surface area contributed by atoms with Gasteiger partial charge in [0.2, 0.25) is 0 Å².